The molecule has 0 bridgehead atoms. The fourth-order valence-corrected chi connectivity index (χ4v) is 3.02. The summed E-state index contributed by atoms with van der Waals surface area (Å²) >= 11 is 12.0. The summed E-state index contributed by atoms with van der Waals surface area (Å²) in [5.74, 6) is 0.451. The Morgan fingerprint density at radius 2 is 2.08 bits per heavy atom. The van der Waals surface area contributed by atoms with Gasteiger partial charge in [-0.1, -0.05) is 36.2 Å². The van der Waals surface area contributed by atoms with Gasteiger partial charge >= 0.3 is 0 Å². The van der Waals surface area contributed by atoms with E-state index in [1.165, 1.54) is 0 Å². The molecule has 2 aromatic rings. The summed E-state index contributed by atoms with van der Waals surface area (Å²) in [6.45, 7) is 3.93. The van der Waals surface area contributed by atoms with Crippen molar-refractivity contribution in [2.24, 2.45) is 11.1 Å². The molecule has 9 heteroatoms. The van der Waals surface area contributed by atoms with E-state index >= 15 is 0 Å². The van der Waals surface area contributed by atoms with Gasteiger partial charge in [-0.25, -0.2) is 0 Å². The third-order valence-corrected chi connectivity index (χ3v) is 5.13. The van der Waals surface area contributed by atoms with E-state index in [1.807, 2.05) is 0 Å². The van der Waals surface area contributed by atoms with Crippen LogP contribution in [0, 0.1) is 5.41 Å². The highest BCUT2D eigenvalue weighted by Crippen LogP contribution is 2.34. The van der Waals surface area contributed by atoms with Gasteiger partial charge in [0.25, 0.3) is 5.91 Å². The number of amides is 1. The number of rotatable bonds is 4. The van der Waals surface area contributed by atoms with E-state index in [9.17, 15) is 4.79 Å². The first-order chi connectivity index (χ1) is 11.9. The molecule has 3 rings (SSSR count). The Bertz CT molecular complexity index is 788. The van der Waals surface area contributed by atoms with Crippen molar-refractivity contribution in [3.05, 3.63) is 46.1 Å². The molecule has 1 aromatic heterocycles. The summed E-state index contributed by atoms with van der Waals surface area (Å²) in [6.07, 6.45) is 0.886. The highest BCUT2D eigenvalue weighted by Gasteiger charge is 2.35. The Hall–Kier alpha value is -1.60. The number of ether oxygens (including phenoxy) is 1. The molecular weight excluding hydrogens is 399 g/mol. The summed E-state index contributed by atoms with van der Waals surface area (Å²) < 4.78 is 5.57. The van der Waals surface area contributed by atoms with Gasteiger partial charge in [0.2, 0.25) is 5.88 Å². The van der Waals surface area contributed by atoms with Gasteiger partial charge in [-0.15, -0.1) is 22.6 Å². The molecule has 0 saturated carbocycles. The molecule has 1 amide bonds. The normalized spacial score (nSPS) is 19.2. The largest absolute Gasteiger partial charge is 0.436 e. The Labute approximate surface area is 168 Å². The van der Waals surface area contributed by atoms with E-state index in [0.717, 1.165) is 6.42 Å². The number of likely N-dealkylation sites (tertiary alicyclic amines) is 1. The molecule has 0 aliphatic carbocycles. The van der Waals surface area contributed by atoms with Gasteiger partial charge in [0.05, 0.1) is 5.02 Å². The predicted molar refractivity (Wildman–Crippen MR) is 103 cm³/mol. The molecular formula is C17H19Cl3N4O2. The second kappa shape index (κ2) is 8.39. The van der Waals surface area contributed by atoms with Crippen molar-refractivity contribution in [1.29, 1.82) is 0 Å². The zero-order valence-corrected chi connectivity index (χ0v) is 16.4. The maximum absolute atomic E-state index is 12.5. The molecule has 2 heterocycles. The topological polar surface area (TPSA) is 81.3 Å². The van der Waals surface area contributed by atoms with E-state index in [4.69, 9.17) is 33.7 Å². The van der Waals surface area contributed by atoms with Gasteiger partial charge in [0.1, 0.15) is 10.8 Å². The fourth-order valence-electron chi connectivity index (χ4n) is 2.69. The minimum atomic E-state index is -0.156. The zero-order valence-electron chi connectivity index (χ0n) is 14.1. The summed E-state index contributed by atoms with van der Waals surface area (Å²) in [7, 11) is 0. The van der Waals surface area contributed by atoms with E-state index in [0.29, 0.717) is 35.4 Å². The van der Waals surface area contributed by atoms with Crippen molar-refractivity contribution in [1.82, 2.24) is 15.1 Å². The Balaban J connectivity index is 0.00000243. The Morgan fingerprint density at radius 3 is 2.69 bits per heavy atom. The van der Waals surface area contributed by atoms with Crippen LogP contribution in [0.4, 0.5) is 0 Å². The minimum absolute atomic E-state index is 0. The smallest absolute Gasteiger partial charge is 0.274 e. The molecule has 26 heavy (non-hydrogen) atoms. The van der Waals surface area contributed by atoms with Gasteiger partial charge in [0, 0.05) is 19.2 Å². The molecule has 140 valence electrons. The quantitative estimate of drug-likeness (QED) is 0.818. The highest BCUT2D eigenvalue weighted by atomic mass is 35.5. The number of carbonyl (C=O) groups is 1. The van der Waals surface area contributed by atoms with Crippen LogP contribution in [0.5, 0.6) is 11.6 Å². The Morgan fingerprint density at radius 1 is 1.31 bits per heavy atom. The lowest BCUT2D eigenvalue weighted by molar-refractivity contribution is 0.0769. The van der Waals surface area contributed by atoms with E-state index in [1.54, 1.807) is 35.2 Å². The van der Waals surface area contributed by atoms with Gasteiger partial charge in [-0.05, 0) is 36.6 Å². The number of benzene rings is 1. The van der Waals surface area contributed by atoms with Crippen LogP contribution in [-0.2, 0) is 0 Å². The van der Waals surface area contributed by atoms with Crippen molar-refractivity contribution < 1.29 is 9.53 Å². The number of hydrogen-bond acceptors (Lipinski definition) is 5. The van der Waals surface area contributed by atoms with Crippen LogP contribution in [0.3, 0.4) is 0 Å². The molecule has 6 nitrogen and oxygen atoms in total. The van der Waals surface area contributed by atoms with E-state index in [2.05, 4.69) is 17.1 Å². The van der Waals surface area contributed by atoms with Crippen LogP contribution in [-0.4, -0.2) is 40.6 Å². The molecule has 1 aliphatic rings. The number of nitrogens with zero attached hydrogens (tertiary/aromatic N) is 3. The van der Waals surface area contributed by atoms with Crippen molar-refractivity contribution >= 4 is 41.5 Å². The maximum Gasteiger partial charge on any atom is 0.274 e. The summed E-state index contributed by atoms with van der Waals surface area (Å²) in [4.78, 5) is 14.3. The first kappa shape index (κ1) is 20.7. The zero-order chi connectivity index (χ0) is 18.0. The van der Waals surface area contributed by atoms with Crippen molar-refractivity contribution in [2.45, 2.75) is 13.3 Å². The standard InChI is InChI=1S/C17H18Cl2N4O2.ClH/c1-17(9-20)7-8-23(10-17)16(24)12-5-6-14(22-21-12)25-13-4-2-3-11(18)15(13)19;/h2-6H,7-10,20H2,1H3;1H. The summed E-state index contributed by atoms with van der Waals surface area (Å²) in [6, 6.07) is 8.22. The van der Waals surface area contributed by atoms with Gasteiger partial charge < -0.3 is 15.4 Å². The third-order valence-electron chi connectivity index (χ3n) is 4.33. The predicted octanol–water partition coefficient (Wildman–Crippen LogP) is 3.81. The fraction of sp³-hybridized carbons (Fsp3) is 0.353. The molecule has 2 N–H and O–H groups in total. The lowest BCUT2D eigenvalue weighted by atomic mass is 9.90. The number of hydrogen-bond donors (Lipinski definition) is 1. The van der Waals surface area contributed by atoms with Gasteiger partial charge in [-0.3, -0.25) is 4.79 Å². The van der Waals surface area contributed by atoms with Crippen molar-refractivity contribution in [2.75, 3.05) is 19.6 Å². The molecule has 1 fully saturated rings. The maximum atomic E-state index is 12.5. The first-order valence-electron chi connectivity index (χ1n) is 7.87. The Kier molecular flexibility index (Phi) is 6.69. The van der Waals surface area contributed by atoms with Crippen LogP contribution < -0.4 is 10.5 Å². The lowest BCUT2D eigenvalue weighted by Gasteiger charge is -2.22. The van der Waals surface area contributed by atoms with Crippen LogP contribution in [0.2, 0.25) is 10.0 Å². The second-order valence-electron chi connectivity index (χ2n) is 6.40. The van der Waals surface area contributed by atoms with E-state index in [-0.39, 0.29) is 35.3 Å². The van der Waals surface area contributed by atoms with E-state index < -0.39 is 0 Å². The molecule has 1 aromatic carbocycles. The number of nitrogens with two attached hydrogens (primary N) is 1. The number of carbonyl (C=O) groups excluding carboxylic acids is 1. The third kappa shape index (κ3) is 4.38. The second-order valence-corrected chi connectivity index (χ2v) is 7.19. The SMILES string of the molecule is CC1(CN)CCN(C(=O)c2ccc(Oc3cccc(Cl)c3Cl)nn2)C1.Cl. The first-order valence-corrected chi connectivity index (χ1v) is 8.62. The van der Waals surface area contributed by atoms with Crippen LogP contribution in [0.15, 0.2) is 30.3 Å². The molecule has 0 radical (unpaired) electrons. The average Bonchev–Trinajstić information content (AvgIpc) is 3.02. The number of aromatic nitrogens is 2. The van der Waals surface area contributed by atoms with Crippen LogP contribution in [0.1, 0.15) is 23.8 Å². The van der Waals surface area contributed by atoms with Gasteiger partial charge in [0.15, 0.2) is 5.69 Å². The minimum Gasteiger partial charge on any atom is -0.436 e. The average molecular weight is 418 g/mol. The van der Waals surface area contributed by atoms with Crippen LogP contribution >= 0.6 is 35.6 Å². The highest BCUT2D eigenvalue weighted by molar-refractivity contribution is 6.42. The molecule has 1 saturated heterocycles. The molecule has 1 atom stereocenters. The van der Waals surface area contributed by atoms with Crippen LogP contribution in [0.25, 0.3) is 0 Å². The molecule has 0 spiro atoms. The van der Waals surface area contributed by atoms with Crippen molar-refractivity contribution in [3.8, 4) is 11.6 Å². The number of halogens is 3. The summed E-state index contributed by atoms with van der Waals surface area (Å²) in [5, 5.41) is 8.60. The van der Waals surface area contributed by atoms with Crippen molar-refractivity contribution in [3.63, 3.8) is 0 Å². The molecule has 1 aliphatic heterocycles. The lowest BCUT2D eigenvalue weighted by Crippen LogP contribution is -2.34. The van der Waals surface area contributed by atoms with Gasteiger partial charge in [-0.2, -0.15) is 0 Å². The summed E-state index contributed by atoms with van der Waals surface area (Å²) in [5.41, 5.74) is 6.02. The monoisotopic (exact) mass is 416 g/mol. The molecule has 1 unspecified atom stereocenters.